The van der Waals surface area contributed by atoms with Crippen molar-refractivity contribution in [3.05, 3.63) is 0 Å². The van der Waals surface area contributed by atoms with E-state index < -0.39 is 19.8 Å². The highest BCUT2D eigenvalue weighted by Gasteiger charge is 1.79. The molecule has 11 heteroatoms. The molecule has 0 aliphatic carbocycles. The summed E-state index contributed by atoms with van der Waals surface area (Å²) in [5.74, 6) is 0. The monoisotopic (exact) mass is 232 g/mol. The molecule has 0 aliphatic rings. The van der Waals surface area contributed by atoms with Crippen LogP contribution in [0.15, 0.2) is 0 Å². The molecular formula is H9ClN2O6S2. The number of halogens is 1. The maximum atomic E-state index is 9.11. The maximum Gasteiger partial charge on any atom is 0.282 e. The number of hydrogen-bond donors (Lipinski definition) is 5. The van der Waals surface area contributed by atoms with Crippen molar-refractivity contribution < 1.29 is 38.1 Å². The molecule has 11 heavy (non-hydrogen) atoms. The lowest BCUT2D eigenvalue weighted by Gasteiger charge is -1.73. The minimum Gasteiger partial charge on any atom is -0.344 e. The summed E-state index contributed by atoms with van der Waals surface area (Å²) in [6.07, 6.45) is 0. The van der Waals surface area contributed by atoms with E-state index in [0.29, 0.717) is 0 Å². The van der Waals surface area contributed by atoms with E-state index in [4.69, 9.17) is 27.3 Å². The van der Waals surface area contributed by atoms with E-state index in [1.807, 2.05) is 0 Å². The molecule has 0 fully saturated rings. The van der Waals surface area contributed by atoms with Crippen molar-refractivity contribution in [2.75, 3.05) is 0 Å². The van der Waals surface area contributed by atoms with Crippen LogP contribution in [-0.4, -0.2) is 18.0 Å². The van der Waals surface area contributed by atoms with E-state index in [0.717, 1.165) is 0 Å². The Morgan fingerprint density at radius 2 is 1.27 bits per heavy atom. The van der Waals surface area contributed by atoms with E-state index in [1.165, 1.54) is 0 Å². The second kappa shape index (κ2) is 10.4. The Balaban J connectivity index is -0.0000000383. The molecule has 0 aliphatic heterocycles. The van der Waals surface area contributed by atoms with Crippen LogP contribution in [0.25, 0.3) is 0 Å². The van der Waals surface area contributed by atoms with Crippen molar-refractivity contribution in [3.8, 4) is 0 Å². The van der Waals surface area contributed by atoms with Crippen molar-refractivity contribution in [3.63, 3.8) is 0 Å². The van der Waals surface area contributed by atoms with Crippen LogP contribution in [0.4, 0.5) is 0 Å². The third kappa shape index (κ3) is 5050. The SMILES string of the molecule is N.N.O=S(O)(O)=S.[O-][Cl+2]([O-])O. The van der Waals surface area contributed by atoms with Crippen LogP contribution in [-0.2, 0) is 20.2 Å². The summed E-state index contributed by atoms with van der Waals surface area (Å²) in [6, 6.07) is 0. The Kier molecular flexibility index (Phi) is 21.2. The third-order valence-electron chi connectivity index (χ3n) is 0. The molecule has 0 bridgehead atoms. The second-order valence-corrected chi connectivity index (χ2v) is 3.25. The van der Waals surface area contributed by atoms with Gasteiger partial charge in [-0.1, -0.05) is 0 Å². The quantitative estimate of drug-likeness (QED) is 0.290. The zero-order valence-corrected chi connectivity index (χ0v) is 7.56. The van der Waals surface area contributed by atoms with Crippen LogP contribution in [0.3, 0.4) is 0 Å². The average Bonchev–Trinajstić information content (AvgIpc) is 1.19. The van der Waals surface area contributed by atoms with Crippen molar-refractivity contribution in [2.24, 2.45) is 0 Å². The molecule has 0 atom stereocenters. The highest BCUT2D eigenvalue weighted by molar-refractivity contribution is 8.26. The molecule has 0 aromatic carbocycles. The fraction of sp³-hybridized carbons (Fsp3) is 0. The van der Waals surface area contributed by atoms with Gasteiger partial charge < -0.3 is 21.6 Å². The van der Waals surface area contributed by atoms with Crippen molar-refractivity contribution in [1.82, 2.24) is 12.3 Å². The summed E-state index contributed by atoms with van der Waals surface area (Å²) in [4.78, 5) is 0. The van der Waals surface area contributed by atoms with E-state index >= 15 is 0 Å². The molecule has 0 unspecified atom stereocenters. The van der Waals surface area contributed by atoms with Gasteiger partial charge in [0, 0.05) is 15.8 Å². The smallest absolute Gasteiger partial charge is 0.282 e. The van der Waals surface area contributed by atoms with Gasteiger partial charge in [-0.2, -0.15) is 4.21 Å². The van der Waals surface area contributed by atoms with Crippen LogP contribution < -0.4 is 21.6 Å². The lowest BCUT2D eigenvalue weighted by Crippen LogP contribution is -2.30. The van der Waals surface area contributed by atoms with Crippen LogP contribution in [0.1, 0.15) is 0 Å². The summed E-state index contributed by atoms with van der Waals surface area (Å²) < 4.78 is 47.9. The molecule has 0 amide bonds. The molecular weight excluding hydrogens is 224 g/mol. The fourth-order valence-electron chi connectivity index (χ4n) is 0. The number of hydrogen-bond acceptors (Lipinski definition) is 7. The van der Waals surface area contributed by atoms with Crippen molar-refractivity contribution in [1.29, 1.82) is 0 Å². The highest BCUT2D eigenvalue weighted by Crippen LogP contribution is 1.62. The summed E-state index contributed by atoms with van der Waals surface area (Å²) >= 11 is 3.47. The normalized spacial score (nSPS) is 8.55. The van der Waals surface area contributed by atoms with Gasteiger partial charge in [0.05, 0.1) is 0 Å². The van der Waals surface area contributed by atoms with E-state index in [2.05, 4.69) is 11.2 Å². The van der Waals surface area contributed by atoms with Gasteiger partial charge in [0.25, 0.3) is 19.8 Å². The molecule has 9 N–H and O–H groups in total. The molecule has 0 aromatic rings. The van der Waals surface area contributed by atoms with Crippen LogP contribution >= 0.6 is 0 Å². The minimum absolute atomic E-state index is 0. The Morgan fingerprint density at radius 1 is 1.27 bits per heavy atom. The van der Waals surface area contributed by atoms with Gasteiger partial charge in [-0.25, -0.2) is 0 Å². The Hall–Kier alpha value is 0.380. The lowest BCUT2D eigenvalue weighted by atomic mass is 14.0. The summed E-state index contributed by atoms with van der Waals surface area (Å²) in [5, 5.41) is 0. The minimum atomic E-state index is -3.83. The van der Waals surface area contributed by atoms with Crippen LogP contribution in [0.5, 0.6) is 0 Å². The first-order valence-corrected chi connectivity index (χ1v) is 4.53. The largest absolute Gasteiger partial charge is 0.344 e. The predicted octanol–water partition coefficient (Wildman–Crippen LogP) is -2.93. The van der Waals surface area contributed by atoms with Crippen molar-refractivity contribution >= 4 is 20.2 Å². The van der Waals surface area contributed by atoms with Gasteiger partial charge in [-0.3, -0.25) is 9.11 Å². The van der Waals surface area contributed by atoms with Gasteiger partial charge in [-0.05, 0) is 0 Å². The zero-order chi connectivity index (χ0) is 8.08. The predicted molar refractivity (Wildman–Crippen MR) is 33.0 cm³/mol. The lowest BCUT2D eigenvalue weighted by molar-refractivity contribution is -1.63. The van der Waals surface area contributed by atoms with E-state index in [-0.39, 0.29) is 12.3 Å². The van der Waals surface area contributed by atoms with Gasteiger partial charge in [0.2, 0.25) is 0 Å². The van der Waals surface area contributed by atoms with Crippen molar-refractivity contribution in [2.45, 2.75) is 0 Å². The third-order valence-corrected chi connectivity index (χ3v) is 0. The summed E-state index contributed by atoms with van der Waals surface area (Å²) in [6.45, 7) is 0. The molecule has 74 valence electrons. The van der Waals surface area contributed by atoms with Gasteiger partial charge >= 0.3 is 0 Å². The Morgan fingerprint density at radius 3 is 1.27 bits per heavy atom. The molecule has 0 radical (unpaired) electrons. The standard InChI is InChI=1S/ClHO3.2H3N.H2O3S2/c2-1(3)4;;;1-5(2,3)4/h2H;2*1H3;(H2,1,2,3,4). The van der Waals surface area contributed by atoms with Crippen LogP contribution in [0.2, 0.25) is 0 Å². The summed E-state index contributed by atoms with van der Waals surface area (Å²) in [7, 11) is -6.44. The Labute approximate surface area is 71.1 Å². The molecule has 0 heterocycles. The van der Waals surface area contributed by atoms with E-state index in [1.54, 1.807) is 0 Å². The first-order valence-electron chi connectivity index (χ1n) is 1.18. The molecule has 0 aromatic heterocycles. The first-order chi connectivity index (χ1) is 3.73. The molecule has 8 nitrogen and oxygen atoms in total. The molecule has 0 rings (SSSR count). The average molecular weight is 233 g/mol. The van der Waals surface area contributed by atoms with Gasteiger partial charge in [0.1, 0.15) is 0 Å². The highest BCUT2D eigenvalue weighted by atomic mass is 35.6. The summed E-state index contributed by atoms with van der Waals surface area (Å²) in [5.41, 5.74) is 0. The first kappa shape index (κ1) is 22.5. The zero-order valence-electron chi connectivity index (χ0n) is 5.18. The second-order valence-electron chi connectivity index (χ2n) is 0.649. The van der Waals surface area contributed by atoms with Crippen LogP contribution in [0, 0.1) is 10.8 Å². The molecule has 0 saturated heterocycles. The topological polar surface area (TPSA) is 194 Å². The molecule has 0 spiro atoms. The maximum absolute atomic E-state index is 9.11. The molecule has 0 saturated carbocycles. The Bertz CT molecular complexity index is 130. The fourth-order valence-corrected chi connectivity index (χ4v) is 0. The van der Waals surface area contributed by atoms with Gasteiger partial charge in [0.15, 0.2) is 0 Å². The van der Waals surface area contributed by atoms with Gasteiger partial charge in [-0.15, -0.1) is 0 Å². The van der Waals surface area contributed by atoms with E-state index in [9.17, 15) is 0 Å². The number of rotatable bonds is 0.